The fraction of sp³-hybridized carbons (Fsp3) is 0.136. The number of benzene rings is 1. The number of nitrogens with zero attached hydrogens (tertiary/aromatic N) is 2. The molecule has 0 aliphatic carbocycles. The number of esters is 1. The van der Waals surface area contributed by atoms with E-state index in [1.165, 1.54) is 37.2 Å². The molecule has 1 aromatic carbocycles. The van der Waals surface area contributed by atoms with Gasteiger partial charge in [-0.1, -0.05) is 36.1 Å². The van der Waals surface area contributed by atoms with Gasteiger partial charge in [-0.2, -0.15) is 0 Å². The summed E-state index contributed by atoms with van der Waals surface area (Å²) >= 11 is 6.68. The summed E-state index contributed by atoms with van der Waals surface area (Å²) in [6.07, 6.45) is 2.34. The van der Waals surface area contributed by atoms with E-state index in [9.17, 15) is 14.3 Å². The van der Waals surface area contributed by atoms with Gasteiger partial charge in [-0.3, -0.25) is 0 Å². The molecular weight excluding hydrogens is 439 g/mol. The Morgan fingerprint density at radius 2 is 2.06 bits per heavy atom. The molecule has 0 radical (unpaired) electrons. The third-order valence-electron chi connectivity index (χ3n) is 4.61. The van der Waals surface area contributed by atoms with Gasteiger partial charge in [0.15, 0.2) is 6.23 Å². The van der Waals surface area contributed by atoms with E-state index in [1.54, 1.807) is 47.4 Å². The van der Waals surface area contributed by atoms with E-state index >= 15 is 0 Å². The number of thioether (sulfide) groups is 1. The Bertz CT molecular complexity index is 1140. The third kappa shape index (κ3) is 4.68. The summed E-state index contributed by atoms with van der Waals surface area (Å²) in [6.45, 7) is 0.367. The lowest BCUT2D eigenvalue weighted by Crippen LogP contribution is -2.31. The summed E-state index contributed by atoms with van der Waals surface area (Å²) in [7, 11) is 1.30. The number of thiocarbonyl (C=S) groups is 1. The fourth-order valence-corrected chi connectivity index (χ4v) is 4.34. The van der Waals surface area contributed by atoms with Crippen LogP contribution in [0, 0.1) is 5.82 Å². The number of aliphatic hydroxyl groups is 1. The van der Waals surface area contributed by atoms with Gasteiger partial charge in [-0.25, -0.2) is 14.2 Å². The molecule has 158 valence electrons. The number of ether oxygens (including phenoxy) is 1. The first kappa shape index (κ1) is 21.2. The summed E-state index contributed by atoms with van der Waals surface area (Å²) in [5.41, 5.74) is 1.75. The van der Waals surface area contributed by atoms with Crippen molar-refractivity contribution in [2.75, 3.05) is 7.11 Å². The maximum Gasteiger partial charge on any atom is 0.356 e. The molecular formula is C22H17FN2O4S2. The van der Waals surface area contributed by atoms with Crippen LogP contribution in [-0.4, -0.2) is 38.6 Å². The van der Waals surface area contributed by atoms with E-state index in [0.29, 0.717) is 32.9 Å². The zero-order chi connectivity index (χ0) is 22.0. The number of hydrogen-bond donors (Lipinski definition) is 1. The summed E-state index contributed by atoms with van der Waals surface area (Å²) in [5.74, 6) is 0.288. The van der Waals surface area contributed by atoms with Crippen molar-refractivity contribution in [1.82, 2.24) is 9.88 Å². The molecule has 2 aromatic heterocycles. The lowest BCUT2D eigenvalue weighted by atomic mass is 10.2. The number of pyridine rings is 1. The first-order chi connectivity index (χ1) is 14.9. The molecule has 0 spiro atoms. The summed E-state index contributed by atoms with van der Waals surface area (Å²) in [4.78, 5) is 17.9. The van der Waals surface area contributed by atoms with Crippen LogP contribution in [0.1, 0.15) is 21.8 Å². The number of aromatic nitrogens is 1. The standard InChI is InChI=1S/C22H17FN2O4S2/c1-28-21(27)17-8-4-14(11-24-17)18-9-7-16(29-18)10-19-20(26)25(22(30)31-19)12-13-2-5-15(23)6-3-13/h2-11,20,26H,12H2,1H3/b19-10-. The second kappa shape index (κ2) is 9.01. The highest BCUT2D eigenvalue weighted by Gasteiger charge is 2.32. The first-order valence-corrected chi connectivity index (χ1v) is 10.4. The van der Waals surface area contributed by atoms with Crippen LogP contribution in [0.3, 0.4) is 0 Å². The van der Waals surface area contributed by atoms with Gasteiger partial charge in [0.05, 0.1) is 7.11 Å². The maximum absolute atomic E-state index is 13.1. The zero-order valence-electron chi connectivity index (χ0n) is 16.3. The Kier molecular flexibility index (Phi) is 6.17. The minimum absolute atomic E-state index is 0.209. The van der Waals surface area contributed by atoms with Crippen LogP contribution in [0.15, 0.2) is 64.1 Å². The molecule has 1 atom stereocenters. The fourth-order valence-electron chi connectivity index (χ4n) is 3.00. The van der Waals surface area contributed by atoms with Crippen LogP contribution in [-0.2, 0) is 11.3 Å². The number of hydrogen-bond acceptors (Lipinski definition) is 7. The number of methoxy groups -OCH3 is 1. The molecule has 6 nitrogen and oxygen atoms in total. The van der Waals surface area contributed by atoms with Gasteiger partial charge in [-0.15, -0.1) is 0 Å². The van der Waals surface area contributed by atoms with E-state index in [0.717, 1.165) is 5.56 Å². The van der Waals surface area contributed by atoms with Crippen molar-refractivity contribution in [3.05, 3.63) is 82.5 Å². The highest BCUT2D eigenvalue weighted by molar-refractivity contribution is 8.25. The van der Waals surface area contributed by atoms with Crippen molar-refractivity contribution in [3.63, 3.8) is 0 Å². The Hall–Kier alpha value is -3.01. The van der Waals surface area contributed by atoms with Crippen molar-refractivity contribution in [3.8, 4) is 11.3 Å². The topological polar surface area (TPSA) is 75.8 Å². The van der Waals surface area contributed by atoms with E-state index in [-0.39, 0.29) is 11.5 Å². The van der Waals surface area contributed by atoms with Crippen LogP contribution in [0.5, 0.6) is 0 Å². The van der Waals surface area contributed by atoms with Gasteiger partial charge < -0.3 is 19.2 Å². The molecule has 31 heavy (non-hydrogen) atoms. The smallest absolute Gasteiger partial charge is 0.356 e. The largest absolute Gasteiger partial charge is 0.464 e. The lowest BCUT2D eigenvalue weighted by Gasteiger charge is -2.21. The van der Waals surface area contributed by atoms with Crippen molar-refractivity contribution in [1.29, 1.82) is 0 Å². The second-order valence-corrected chi connectivity index (χ2v) is 8.38. The summed E-state index contributed by atoms with van der Waals surface area (Å²) in [6, 6.07) is 12.9. The van der Waals surface area contributed by atoms with Gasteiger partial charge >= 0.3 is 5.97 Å². The molecule has 1 saturated heterocycles. The zero-order valence-corrected chi connectivity index (χ0v) is 18.0. The first-order valence-electron chi connectivity index (χ1n) is 9.22. The monoisotopic (exact) mass is 456 g/mol. The number of aliphatic hydroxyl groups excluding tert-OH is 1. The molecule has 0 bridgehead atoms. The molecule has 1 N–H and O–H groups in total. The molecule has 3 heterocycles. The van der Waals surface area contributed by atoms with Crippen LogP contribution < -0.4 is 0 Å². The number of rotatable bonds is 5. The molecule has 1 aliphatic heterocycles. The van der Waals surface area contributed by atoms with E-state index in [2.05, 4.69) is 9.72 Å². The summed E-state index contributed by atoms with van der Waals surface area (Å²) in [5, 5.41) is 10.7. The van der Waals surface area contributed by atoms with Crippen molar-refractivity contribution in [2.45, 2.75) is 12.8 Å². The van der Waals surface area contributed by atoms with E-state index in [4.69, 9.17) is 16.6 Å². The Labute approximate surface area is 187 Å². The van der Waals surface area contributed by atoms with E-state index < -0.39 is 12.2 Å². The van der Waals surface area contributed by atoms with Crippen LogP contribution in [0.2, 0.25) is 0 Å². The van der Waals surface area contributed by atoms with Gasteiger partial charge in [0.2, 0.25) is 0 Å². The maximum atomic E-state index is 13.1. The van der Waals surface area contributed by atoms with Gasteiger partial charge in [0, 0.05) is 23.2 Å². The van der Waals surface area contributed by atoms with Crippen molar-refractivity contribution < 1.29 is 23.4 Å². The average molecular weight is 457 g/mol. The quantitative estimate of drug-likeness (QED) is 0.446. The molecule has 3 aromatic rings. The molecule has 1 aliphatic rings. The molecule has 0 saturated carbocycles. The van der Waals surface area contributed by atoms with Crippen LogP contribution in [0.4, 0.5) is 4.39 Å². The van der Waals surface area contributed by atoms with E-state index in [1.807, 2.05) is 0 Å². The number of furan rings is 1. The van der Waals surface area contributed by atoms with Crippen LogP contribution >= 0.6 is 24.0 Å². The number of halogens is 1. The SMILES string of the molecule is COC(=O)c1ccc(-c2ccc(/C=C3\SC(=S)N(Cc4ccc(F)cc4)C3O)o2)cn1. The molecule has 0 amide bonds. The van der Waals surface area contributed by atoms with Gasteiger partial charge in [-0.05, 0) is 48.0 Å². The Balaban J connectivity index is 1.49. The van der Waals surface area contributed by atoms with Crippen molar-refractivity contribution >= 4 is 40.3 Å². The average Bonchev–Trinajstić information content (AvgIpc) is 3.35. The van der Waals surface area contributed by atoms with Crippen LogP contribution in [0.25, 0.3) is 17.4 Å². The van der Waals surface area contributed by atoms with Crippen molar-refractivity contribution in [2.24, 2.45) is 0 Å². The predicted molar refractivity (Wildman–Crippen MR) is 119 cm³/mol. The normalized spacial score (nSPS) is 17.4. The molecule has 1 unspecified atom stereocenters. The third-order valence-corrected chi connectivity index (χ3v) is 6.07. The Morgan fingerprint density at radius 1 is 1.29 bits per heavy atom. The predicted octanol–water partition coefficient (Wildman–Crippen LogP) is 4.46. The minimum Gasteiger partial charge on any atom is -0.464 e. The highest BCUT2D eigenvalue weighted by atomic mass is 32.2. The van der Waals surface area contributed by atoms with Gasteiger partial charge in [0.1, 0.15) is 27.4 Å². The summed E-state index contributed by atoms with van der Waals surface area (Å²) < 4.78 is 24.1. The second-order valence-electron chi connectivity index (χ2n) is 6.67. The molecule has 1 fully saturated rings. The van der Waals surface area contributed by atoms with Gasteiger partial charge in [0.25, 0.3) is 0 Å². The minimum atomic E-state index is -0.919. The Morgan fingerprint density at radius 3 is 2.74 bits per heavy atom. The number of carbonyl (C=O) groups excluding carboxylic acids is 1. The molecule has 9 heteroatoms. The molecule has 4 rings (SSSR count). The lowest BCUT2D eigenvalue weighted by molar-refractivity contribution is 0.0594. The number of carbonyl (C=O) groups is 1. The highest BCUT2D eigenvalue weighted by Crippen LogP contribution is 2.37.